The second-order valence-corrected chi connectivity index (χ2v) is 5.88. The van der Waals surface area contributed by atoms with Crippen molar-refractivity contribution in [3.8, 4) is 0 Å². The van der Waals surface area contributed by atoms with Crippen LogP contribution < -0.4 is 10.6 Å². The summed E-state index contributed by atoms with van der Waals surface area (Å²) < 4.78 is 0. The maximum Gasteiger partial charge on any atom is 0.251 e. The number of carbonyl (C=O) groups excluding carboxylic acids is 1. The molecule has 0 unspecified atom stereocenters. The maximum atomic E-state index is 12.3. The Morgan fingerprint density at radius 3 is 2.35 bits per heavy atom. The van der Waals surface area contributed by atoms with Crippen LogP contribution in [0.15, 0.2) is 18.2 Å². The molecule has 1 aromatic rings. The summed E-state index contributed by atoms with van der Waals surface area (Å²) in [5.41, 5.74) is 3.18. The first-order chi connectivity index (χ1) is 9.60. The average Bonchev–Trinajstić information content (AvgIpc) is 2.44. The van der Waals surface area contributed by atoms with Crippen molar-refractivity contribution in [2.75, 3.05) is 6.54 Å². The van der Waals surface area contributed by atoms with Crippen molar-refractivity contribution < 1.29 is 4.79 Å². The first-order valence-corrected chi connectivity index (χ1v) is 7.71. The van der Waals surface area contributed by atoms with Gasteiger partial charge in [-0.1, -0.05) is 13.0 Å². The lowest BCUT2D eigenvalue weighted by Crippen LogP contribution is -2.42. The molecule has 0 atom stereocenters. The second-order valence-electron chi connectivity index (χ2n) is 5.88. The first-order valence-electron chi connectivity index (χ1n) is 7.71. The molecule has 3 nitrogen and oxygen atoms in total. The molecule has 110 valence electrons. The number of aryl methyl sites for hydroxylation is 2. The summed E-state index contributed by atoms with van der Waals surface area (Å²) in [4.78, 5) is 12.3. The van der Waals surface area contributed by atoms with Gasteiger partial charge in [0, 0.05) is 17.6 Å². The van der Waals surface area contributed by atoms with Gasteiger partial charge in [0.1, 0.15) is 0 Å². The van der Waals surface area contributed by atoms with Gasteiger partial charge < -0.3 is 10.6 Å². The van der Waals surface area contributed by atoms with Gasteiger partial charge in [-0.2, -0.15) is 0 Å². The lowest BCUT2D eigenvalue weighted by atomic mass is 9.91. The topological polar surface area (TPSA) is 41.1 Å². The summed E-state index contributed by atoms with van der Waals surface area (Å²) in [5, 5.41) is 6.67. The van der Waals surface area contributed by atoms with Crippen LogP contribution in [0.4, 0.5) is 0 Å². The van der Waals surface area contributed by atoms with E-state index in [0.29, 0.717) is 12.1 Å². The number of carbonyl (C=O) groups is 1. The Morgan fingerprint density at radius 2 is 1.75 bits per heavy atom. The van der Waals surface area contributed by atoms with Crippen LogP contribution in [0.3, 0.4) is 0 Å². The van der Waals surface area contributed by atoms with Crippen molar-refractivity contribution in [1.82, 2.24) is 10.6 Å². The van der Waals surface area contributed by atoms with Crippen molar-refractivity contribution >= 4 is 5.91 Å². The molecule has 0 aromatic heterocycles. The van der Waals surface area contributed by atoms with E-state index in [1.807, 2.05) is 25.1 Å². The summed E-state index contributed by atoms with van der Waals surface area (Å²) in [6, 6.07) is 6.89. The van der Waals surface area contributed by atoms with Gasteiger partial charge in [0.25, 0.3) is 5.91 Å². The minimum atomic E-state index is 0.0694. The number of hydrogen-bond donors (Lipinski definition) is 2. The molecule has 0 spiro atoms. The van der Waals surface area contributed by atoms with E-state index in [-0.39, 0.29) is 5.91 Å². The molecule has 1 aromatic carbocycles. The number of rotatable bonds is 4. The standard InChI is InChI=1S/C17H26N2O/c1-4-18-15-7-9-16(10-8-15)19-17(20)14-6-5-12(2)13(3)11-14/h5-6,11,15-16,18H,4,7-10H2,1-3H3,(H,19,20). The monoisotopic (exact) mass is 274 g/mol. The van der Waals surface area contributed by atoms with Gasteiger partial charge >= 0.3 is 0 Å². The molecule has 0 heterocycles. The van der Waals surface area contributed by atoms with Crippen molar-refractivity contribution in [3.63, 3.8) is 0 Å². The molecule has 1 fully saturated rings. The Hall–Kier alpha value is -1.35. The zero-order chi connectivity index (χ0) is 14.5. The van der Waals surface area contributed by atoms with E-state index in [2.05, 4.69) is 24.5 Å². The van der Waals surface area contributed by atoms with Crippen LogP contribution >= 0.6 is 0 Å². The summed E-state index contributed by atoms with van der Waals surface area (Å²) in [6.45, 7) is 7.30. The zero-order valence-corrected chi connectivity index (χ0v) is 12.8. The molecule has 0 radical (unpaired) electrons. The summed E-state index contributed by atoms with van der Waals surface area (Å²) in [6.07, 6.45) is 4.47. The van der Waals surface area contributed by atoms with Crippen LogP contribution in [-0.2, 0) is 0 Å². The minimum absolute atomic E-state index is 0.0694. The number of amides is 1. The largest absolute Gasteiger partial charge is 0.349 e. The molecule has 0 aliphatic heterocycles. The molecular formula is C17H26N2O. The lowest BCUT2D eigenvalue weighted by Gasteiger charge is -2.29. The van der Waals surface area contributed by atoms with E-state index >= 15 is 0 Å². The molecule has 3 heteroatoms. The van der Waals surface area contributed by atoms with Gasteiger partial charge in [-0.25, -0.2) is 0 Å². The highest BCUT2D eigenvalue weighted by Crippen LogP contribution is 2.19. The van der Waals surface area contributed by atoms with E-state index in [1.165, 1.54) is 11.1 Å². The molecule has 2 N–H and O–H groups in total. The average molecular weight is 274 g/mol. The van der Waals surface area contributed by atoms with E-state index in [4.69, 9.17) is 0 Å². The van der Waals surface area contributed by atoms with Crippen molar-refractivity contribution in [1.29, 1.82) is 0 Å². The van der Waals surface area contributed by atoms with Gasteiger partial charge in [-0.15, -0.1) is 0 Å². The summed E-state index contributed by atoms with van der Waals surface area (Å²) >= 11 is 0. The predicted molar refractivity (Wildman–Crippen MR) is 83.1 cm³/mol. The van der Waals surface area contributed by atoms with Crippen molar-refractivity contribution in [3.05, 3.63) is 34.9 Å². The third kappa shape index (κ3) is 3.83. The Labute approximate surface area is 122 Å². The molecule has 1 amide bonds. The number of benzene rings is 1. The third-order valence-electron chi connectivity index (χ3n) is 4.32. The molecule has 1 saturated carbocycles. The highest BCUT2D eigenvalue weighted by molar-refractivity contribution is 5.94. The fraction of sp³-hybridized carbons (Fsp3) is 0.588. The fourth-order valence-electron chi connectivity index (χ4n) is 2.88. The van der Waals surface area contributed by atoms with Crippen LogP contribution in [-0.4, -0.2) is 24.5 Å². The zero-order valence-electron chi connectivity index (χ0n) is 12.8. The van der Waals surface area contributed by atoms with Gasteiger partial charge in [-0.3, -0.25) is 4.79 Å². The van der Waals surface area contributed by atoms with Crippen molar-refractivity contribution in [2.45, 2.75) is 58.5 Å². The maximum absolute atomic E-state index is 12.3. The smallest absolute Gasteiger partial charge is 0.251 e. The van der Waals surface area contributed by atoms with Crippen LogP contribution in [0, 0.1) is 13.8 Å². The fourth-order valence-corrected chi connectivity index (χ4v) is 2.88. The molecule has 2 rings (SSSR count). The van der Waals surface area contributed by atoms with Gasteiger partial charge in [0.15, 0.2) is 0 Å². The normalized spacial score (nSPS) is 22.6. The molecule has 1 aliphatic rings. The second kappa shape index (κ2) is 6.89. The van der Waals surface area contributed by atoms with Gasteiger partial charge in [-0.05, 0) is 69.3 Å². The Kier molecular flexibility index (Phi) is 5.18. The van der Waals surface area contributed by atoms with E-state index in [1.54, 1.807) is 0 Å². The summed E-state index contributed by atoms with van der Waals surface area (Å²) in [7, 11) is 0. The van der Waals surface area contributed by atoms with Crippen molar-refractivity contribution in [2.24, 2.45) is 0 Å². The van der Waals surface area contributed by atoms with Crippen LogP contribution in [0.1, 0.15) is 54.1 Å². The van der Waals surface area contributed by atoms with E-state index in [9.17, 15) is 4.79 Å². The van der Waals surface area contributed by atoms with Gasteiger partial charge in [0.05, 0.1) is 0 Å². The highest BCUT2D eigenvalue weighted by atomic mass is 16.1. The molecular weight excluding hydrogens is 248 g/mol. The molecule has 1 aliphatic carbocycles. The Morgan fingerprint density at radius 1 is 1.10 bits per heavy atom. The first kappa shape index (κ1) is 15.0. The quantitative estimate of drug-likeness (QED) is 0.886. The number of nitrogens with one attached hydrogen (secondary N) is 2. The van der Waals surface area contributed by atoms with Crippen LogP contribution in [0.5, 0.6) is 0 Å². The Bertz CT molecular complexity index is 462. The van der Waals surface area contributed by atoms with Gasteiger partial charge in [0.2, 0.25) is 0 Å². The predicted octanol–water partition coefficient (Wildman–Crippen LogP) is 2.95. The van der Waals surface area contributed by atoms with Crippen LogP contribution in [0.2, 0.25) is 0 Å². The number of hydrogen-bond acceptors (Lipinski definition) is 2. The van der Waals surface area contributed by atoms with E-state index < -0.39 is 0 Å². The molecule has 0 saturated heterocycles. The van der Waals surface area contributed by atoms with E-state index in [0.717, 1.165) is 37.8 Å². The Balaban J connectivity index is 1.87. The SMILES string of the molecule is CCNC1CCC(NC(=O)c2ccc(C)c(C)c2)CC1. The summed E-state index contributed by atoms with van der Waals surface area (Å²) in [5.74, 6) is 0.0694. The highest BCUT2D eigenvalue weighted by Gasteiger charge is 2.22. The van der Waals surface area contributed by atoms with Crippen LogP contribution in [0.25, 0.3) is 0 Å². The molecule has 0 bridgehead atoms. The minimum Gasteiger partial charge on any atom is -0.349 e. The third-order valence-corrected chi connectivity index (χ3v) is 4.32. The molecule has 20 heavy (non-hydrogen) atoms. The lowest BCUT2D eigenvalue weighted by molar-refractivity contribution is 0.0924.